The summed E-state index contributed by atoms with van der Waals surface area (Å²) in [7, 11) is -4.34. The van der Waals surface area contributed by atoms with Gasteiger partial charge in [0.15, 0.2) is 0 Å². The third kappa shape index (κ3) is 10.4. The van der Waals surface area contributed by atoms with Gasteiger partial charge in [-0.05, 0) is 36.8 Å². The second-order valence-corrected chi connectivity index (χ2v) is 8.45. The molecule has 0 aliphatic carbocycles. The molecule has 2 atom stereocenters. The zero-order valence-electron chi connectivity index (χ0n) is 22.4. The van der Waals surface area contributed by atoms with Gasteiger partial charge in [-0.15, -0.1) is 0 Å². The Labute approximate surface area is 168 Å². The molecule has 0 aliphatic heterocycles. The summed E-state index contributed by atoms with van der Waals surface area (Å²) in [6.45, 7) is -7.41. The summed E-state index contributed by atoms with van der Waals surface area (Å²) >= 11 is 0. The van der Waals surface area contributed by atoms with Crippen LogP contribution < -0.4 is 5.73 Å². The number of rotatable bonds is 14. The highest BCUT2D eigenvalue weighted by molar-refractivity contribution is 7.51. The van der Waals surface area contributed by atoms with Gasteiger partial charge in [0.05, 0.1) is 24.1 Å². The Morgan fingerprint density at radius 3 is 2.31 bits per heavy atom. The highest BCUT2D eigenvalue weighted by Crippen LogP contribution is 2.37. The van der Waals surface area contributed by atoms with Crippen LogP contribution >= 0.6 is 7.60 Å². The van der Waals surface area contributed by atoms with Crippen molar-refractivity contribution < 1.29 is 28.7 Å². The summed E-state index contributed by atoms with van der Waals surface area (Å²) in [6.07, 6.45) is 5.42. The van der Waals surface area contributed by atoms with E-state index in [4.69, 9.17) is 15.3 Å². The first kappa shape index (κ1) is 14.3. The summed E-state index contributed by atoms with van der Waals surface area (Å²) in [5, 5.41) is 9.89. The molecule has 0 fully saturated rings. The normalized spacial score (nSPS) is 21.8. The van der Waals surface area contributed by atoms with Crippen molar-refractivity contribution in [3.8, 4) is 0 Å². The van der Waals surface area contributed by atoms with Crippen molar-refractivity contribution in [1.82, 2.24) is 0 Å². The van der Waals surface area contributed by atoms with Gasteiger partial charge in [0.2, 0.25) is 0 Å². The number of unbranched alkanes of at least 4 members (excludes halogenated alkanes) is 4. The summed E-state index contributed by atoms with van der Waals surface area (Å²) in [4.78, 5) is 9.37. The summed E-state index contributed by atoms with van der Waals surface area (Å²) in [6, 6.07) is 7.45. The first-order valence-corrected chi connectivity index (χ1v) is 11.0. The van der Waals surface area contributed by atoms with E-state index < -0.39 is 33.1 Å². The molecule has 0 bridgehead atoms. The van der Waals surface area contributed by atoms with Crippen LogP contribution in [0.15, 0.2) is 24.3 Å². The van der Waals surface area contributed by atoms with E-state index in [1.165, 1.54) is 0 Å². The van der Waals surface area contributed by atoms with E-state index in [0.717, 1.165) is 49.9 Å². The van der Waals surface area contributed by atoms with Crippen molar-refractivity contribution in [3.63, 3.8) is 0 Å². The van der Waals surface area contributed by atoms with Crippen molar-refractivity contribution in [2.75, 3.05) is 19.8 Å². The molecule has 2 unspecified atom stereocenters. The Morgan fingerprint density at radius 2 is 1.73 bits per heavy atom. The average molecular weight is 393 g/mol. The minimum atomic E-state index is -4.34. The maximum atomic E-state index is 11.5. The second kappa shape index (κ2) is 11.9. The third-order valence-corrected chi connectivity index (χ3v) is 4.50. The molecular formula is C20H36NO4P. The molecule has 0 spiro atoms. The predicted molar refractivity (Wildman–Crippen MR) is 108 cm³/mol. The van der Waals surface area contributed by atoms with Crippen LogP contribution in [0.2, 0.25) is 0 Å². The highest BCUT2D eigenvalue weighted by Gasteiger charge is 2.27. The van der Waals surface area contributed by atoms with E-state index in [0.29, 0.717) is 6.42 Å². The van der Waals surface area contributed by atoms with Gasteiger partial charge in [-0.3, -0.25) is 4.57 Å². The molecular weight excluding hydrogens is 349 g/mol. The van der Waals surface area contributed by atoms with E-state index in [1.807, 2.05) is 24.3 Å². The van der Waals surface area contributed by atoms with Gasteiger partial charge in [-0.1, -0.05) is 63.2 Å². The molecule has 150 valence electrons. The summed E-state index contributed by atoms with van der Waals surface area (Å²) in [5.41, 5.74) is 5.14. The molecule has 6 heteroatoms. The maximum absolute atomic E-state index is 11.5. The number of hydrogen-bond acceptors (Lipinski definition) is 4. The van der Waals surface area contributed by atoms with Crippen molar-refractivity contribution in [1.29, 1.82) is 0 Å². The molecule has 5 nitrogen and oxygen atoms in total. The molecule has 0 saturated carbocycles. The van der Waals surface area contributed by atoms with Gasteiger partial charge in [0.25, 0.3) is 0 Å². The molecule has 0 radical (unpaired) electrons. The molecule has 0 saturated heterocycles. The lowest BCUT2D eigenvalue weighted by molar-refractivity contribution is 0.119. The molecule has 1 aromatic carbocycles. The number of hydrogen-bond donors (Lipinski definition) is 3. The smallest absolute Gasteiger partial charge is 0.325 e. The maximum Gasteiger partial charge on any atom is 0.325 e. The van der Waals surface area contributed by atoms with Crippen molar-refractivity contribution in [3.05, 3.63) is 35.4 Å². The average Bonchev–Trinajstić information content (AvgIpc) is 2.62. The molecule has 4 N–H and O–H groups in total. The monoisotopic (exact) mass is 392 g/mol. The minimum Gasteiger partial charge on any atom is -0.394 e. The van der Waals surface area contributed by atoms with Crippen molar-refractivity contribution >= 4 is 7.60 Å². The summed E-state index contributed by atoms with van der Waals surface area (Å²) < 4.78 is 68.6. The van der Waals surface area contributed by atoms with E-state index in [9.17, 15) is 14.6 Å². The molecule has 26 heavy (non-hydrogen) atoms. The van der Waals surface area contributed by atoms with Gasteiger partial charge in [-0.2, -0.15) is 0 Å². The number of aryl methyl sites for hydroxylation is 2. The van der Waals surface area contributed by atoms with Gasteiger partial charge < -0.3 is 20.3 Å². The summed E-state index contributed by atoms with van der Waals surface area (Å²) in [5.74, 6) is 0. The first-order chi connectivity index (χ1) is 14.9. The third-order valence-electron chi connectivity index (χ3n) is 4.07. The molecule has 1 rings (SSSR count). The Bertz CT molecular complexity index is 778. The lowest BCUT2D eigenvalue weighted by Gasteiger charge is -2.27. The lowest BCUT2D eigenvalue weighted by Crippen LogP contribution is -2.48. The van der Waals surface area contributed by atoms with Crippen LogP contribution in [0.1, 0.15) is 72.5 Å². The fourth-order valence-electron chi connectivity index (χ4n) is 2.49. The van der Waals surface area contributed by atoms with Crippen LogP contribution in [0.5, 0.6) is 0 Å². The van der Waals surface area contributed by atoms with Crippen molar-refractivity contribution in [2.45, 2.75) is 70.2 Å². The topological polar surface area (TPSA) is 92.8 Å². The van der Waals surface area contributed by atoms with Crippen LogP contribution in [0.3, 0.4) is 0 Å². The van der Waals surface area contributed by atoms with Gasteiger partial charge in [0.1, 0.15) is 0 Å². The standard InChI is InChI=1S/C20H36NO4P/c1-3-4-5-6-7-8-9-18-10-12-19(13-11-18)14-15-20(21,16-22)17-25-26(2,23)24/h10-13,22H,3-9,14-17,21H2,1-2H3,(H,23,24)/i1D3,16D2,17D2. The van der Waals surface area contributed by atoms with E-state index in [-0.39, 0.29) is 19.3 Å². The Kier molecular flexibility index (Phi) is 6.54. The van der Waals surface area contributed by atoms with Crippen LogP contribution in [-0.4, -0.2) is 35.3 Å². The number of benzene rings is 1. The van der Waals surface area contributed by atoms with Gasteiger partial charge >= 0.3 is 7.60 Å². The Balaban J connectivity index is 2.60. The van der Waals surface area contributed by atoms with Crippen LogP contribution in [0.25, 0.3) is 0 Å². The van der Waals surface area contributed by atoms with Gasteiger partial charge in [-0.25, -0.2) is 0 Å². The molecule has 0 aromatic heterocycles. The zero-order valence-corrected chi connectivity index (χ0v) is 16.3. The van der Waals surface area contributed by atoms with Crippen LogP contribution in [0.4, 0.5) is 0 Å². The molecule has 0 heterocycles. The van der Waals surface area contributed by atoms with Crippen LogP contribution in [-0.2, 0) is 21.9 Å². The fraction of sp³-hybridized carbons (Fsp3) is 0.700. The molecule has 0 aliphatic rings. The lowest BCUT2D eigenvalue weighted by atomic mass is 9.93. The van der Waals surface area contributed by atoms with Gasteiger partial charge in [0, 0.05) is 10.8 Å². The van der Waals surface area contributed by atoms with E-state index >= 15 is 0 Å². The molecule has 0 amide bonds. The predicted octanol–water partition coefficient (Wildman–Crippen LogP) is 4.04. The van der Waals surface area contributed by atoms with E-state index in [2.05, 4.69) is 4.52 Å². The highest BCUT2D eigenvalue weighted by atomic mass is 31.2. The fourth-order valence-corrected chi connectivity index (χ4v) is 2.83. The quantitative estimate of drug-likeness (QED) is 0.328. The van der Waals surface area contributed by atoms with E-state index in [1.54, 1.807) is 0 Å². The largest absolute Gasteiger partial charge is 0.394 e. The number of nitrogens with two attached hydrogens (primary N) is 1. The number of aliphatic hydroxyl groups is 1. The SMILES string of the molecule is [2H]C([2H])([2H])CCCCCCCc1ccc(CCC(N)(C([2H])([2H])O)C([2H])([2H])OP(C)(=O)O)cc1. The second-order valence-electron chi connectivity index (χ2n) is 6.66. The van der Waals surface area contributed by atoms with Crippen molar-refractivity contribution in [2.24, 2.45) is 5.73 Å². The molecule has 1 aromatic rings. The van der Waals surface area contributed by atoms with Crippen LogP contribution in [0, 0.1) is 0 Å². The zero-order chi connectivity index (χ0) is 25.6. The Morgan fingerprint density at radius 1 is 1.15 bits per heavy atom. The minimum absolute atomic E-state index is 0.114. The Hall–Kier alpha value is -0.710. The first-order valence-electron chi connectivity index (χ1n) is 12.5.